The van der Waals surface area contributed by atoms with Crippen molar-refractivity contribution in [2.24, 2.45) is 0 Å². The van der Waals surface area contributed by atoms with Crippen LogP contribution in [-0.2, 0) is 16.4 Å². The van der Waals surface area contributed by atoms with Crippen LogP contribution < -0.4 is 10.0 Å². The van der Waals surface area contributed by atoms with E-state index in [2.05, 4.69) is 15.1 Å². The lowest BCUT2D eigenvalue weighted by Crippen LogP contribution is -2.15. The number of amides is 1. The standard InChI is InChI=1S/C25H24N4O3S/c1-3-24-23(17-26-29(24)21-7-5-4-6-8-21)25(30)27-19-11-13-20(14-12-19)28-33(31,32)22-15-9-18(2)10-16-22/h4-17,28H,3H2,1-2H3,(H,27,30). The molecule has 4 rings (SSSR count). The van der Waals surface area contributed by atoms with E-state index in [1.165, 1.54) is 0 Å². The molecular weight excluding hydrogens is 436 g/mol. The number of hydrogen-bond acceptors (Lipinski definition) is 4. The number of para-hydroxylation sites is 1. The van der Waals surface area contributed by atoms with Crippen LogP contribution in [0.4, 0.5) is 11.4 Å². The van der Waals surface area contributed by atoms with E-state index in [4.69, 9.17) is 0 Å². The summed E-state index contributed by atoms with van der Waals surface area (Å²) in [5.41, 5.74) is 4.12. The second kappa shape index (κ2) is 9.30. The van der Waals surface area contributed by atoms with E-state index >= 15 is 0 Å². The quantitative estimate of drug-likeness (QED) is 0.414. The van der Waals surface area contributed by atoms with Crippen molar-refractivity contribution in [1.82, 2.24) is 9.78 Å². The minimum Gasteiger partial charge on any atom is -0.322 e. The predicted octanol–water partition coefficient (Wildman–Crippen LogP) is 4.80. The lowest BCUT2D eigenvalue weighted by molar-refractivity contribution is 0.102. The van der Waals surface area contributed by atoms with E-state index in [0.717, 1.165) is 16.9 Å². The van der Waals surface area contributed by atoms with Gasteiger partial charge in [0.1, 0.15) is 0 Å². The molecular formula is C25H24N4O3S. The van der Waals surface area contributed by atoms with Gasteiger partial charge in [0.25, 0.3) is 15.9 Å². The fourth-order valence-electron chi connectivity index (χ4n) is 3.45. The molecule has 1 aromatic heterocycles. The second-order valence-corrected chi connectivity index (χ2v) is 9.24. The van der Waals surface area contributed by atoms with Gasteiger partial charge in [-0.2, -0.15) is 5.10 Å². The normalized spacial score (nSPS) is 11.2. The topological polar surface area (TPSA) is 93.1 Å². The number of rotatable bonds is 7. The van der Waals surface area contributed by atoms with Crippen LogP contribution in [0.15, 0.2) is 90.0 Å². The van der Waals surface area contributed by atoms with Crippen molar-refractivity contribution in [1.29, 1.82) is 0 Å². The Morgan fingerprint density at radius 3 is 2.18 bits per heavy atom. The number of sulfonamides is 1. The fourth-order valence-corrected chi connectivity index (χ4v) is 4.51. The van der Waals surface area contributed by atoms with Gasteiger partial charge >= 0.3 is 0 Å². The van der Waals surface area contributed by atoms with Crippen molar-refractivity contribution in [3.63, 3.8) is 0 Å². The van der Waals surface area contributed by atoms with Gasteiger partial charge < -0.3 is 5.32 Å². The van der Waals surface area contributed by atoms with Crippen LogP contribution in [0.3, 0.4) is 0 Å². The van der Waals surface area contributed by atoms with E-state index in [0.29, 0.717) is 23.4 Å². The third-order valence-corrected chi connectivity index (χ3v) is 6.57. The summed E-state index contributed by atoms with van der Waals surface area (Å²) in [5.74, 6) is -0.276. The largest absolute Gasteiger partial charge is 0.322 e. The van der Waals surface area contributed by atoms with Gasteiger partial charge in [-0.3, -0.25) is 9.52 Å². The van der Waals surface area contributed by atoms with Crippen molar-refractivity contribution < 1.29 is 13.2 Å². The van der Waals surface area contributed by atoms with Crippen LogP contribution in [0, 0.1) is 6.92 Å². The van der Waals surface area contributed by atoms with Gasteiger partial charge in [-0.05, 0) is 61.9 Å². The number of aromatic nitrogens is 2. The minimum absolute atomic E-state index is 0.188. The summed E-state index contributed by atoms with van der Waals surface area (Å²) in [7, 11) is -3.69. The molecule has 1 heterocycles. The Morgan fingerprint density at radius 1 is 0.909 bits per heavy atom. The molecule has 0 aliphatic carbocycles. The SMILES string of the molecule is CCc1c(C(=O)Nc2ccc(NS(=O)(=O)c3ccc(C)cc3)cc2)cnn1-c1ccccc1. The number of benzene rings is 3. The fraction of sp³-hybridized carbons (Fsp3) is 0.120. The van der Waals surface area contributed by atoms with Gasteiger partial charge in [-0.1, -0.05) is 42.8 Å². The summed E-state index contributed by atoms with van der Waals surface area (Å²) in [5, 5.41) is 7.24. The van der Waals surface area contributed by atoms with Crippen molar-refractivity contribution in [2.75, 3.05) is 10.0 Å². The lowest BCUT2D eigenvalue weighted by atomic mass is 10.1. The third-order valence-electron chi connectivity index (χ3n) is 5.18. The molecule has 33 heavy (non-hydrogen) atoms. The van der Waals surface area contributed by atoms with Crippen molar-refractivity contribution in [2.45, 2.75) is 25.2 Å². The van der Waals surface area contributed by atoms with Crippen LogP contribution in [0.5, 0.6) is 0 Å². The Balaban J connectivity index is 1.48. The summed E-state index contributed by atoms with van der Waals surface area (Å²) in [6, 6.07) is 22.8. The average molecular weight is 461 g/mol. The first-order valence-electron chi connectivity index (χ1n) is 10.5. The highest BCUT2D eigenvalue weighted by atomic mass is 32.2. The second-order valence-electron chi connectivity index (χ2n) is 7.56. The molecule has 0 bridgehead atoms. The lowest BCUT2D eigenvalue weighted by Gasteiger charge is -2.10. The molecule has 4 aromatic rings. The number of anilines is 2. The molecule has 0 radical (unpaired) electrons. The maximum Gasteiger partial charge on any atom is 0.261 e. The zero-order valence-corrected chi connectivity index (χ0v) is 19.1. The van der Waals surface area contributed by atoms with Gasteiger partial charge in [0.15, 0.2) is 0 Å². The number of carbonyl (C=O) groups is 1. The number of aryl methyl sites for hydroxylation is 1. The number of hydrogen-bond donors (Lipinski definition) is 2. The van der Waals surface area contributed by atoms with Crippen LogP contribution >= 0.6 is 0 Å². The average Bonchev–Trinajstić information content (AvgIpc) is 3.25. The molecule has 2 N–H and O–H groups in total. The number of carbonyl (C=O) groups excluding carboxylic acids is 1. The Hall–Kier alpha value is -3.91. The van der Waals surface area contributed by atoms with Gasteiger partial charge in [-0.25, -0.2) is 13.1 Å². The molecule has 0 saturated carbocycles. The zero-order chi connectivity index (χ0) is 23.4. The Labute approximate surface area is 193 Å². The van der Waals surface area contributed by atoms with E-state index in [-0.39, 0.29) is 10.8 Å². The first-order chi connectivity index (χ1) is 15.9. The van der Waals surface area contributed by atoms with Gasteiger partial charge in [-0.15, -0.1) is 0 Å². The molecule has 0 aliphatic heterocycles. The van der Waals surface area contributed by atoms with Gasteiger partial charge in [0.05, 0.1) is 28.0 Å². The molecule has 0 fully saturated rings. The maximum atomic E-state index is 12.9. The Kier molecular flexibility index (Phi) is 6.28. The highest BCUT2D eigenvalue weighted by Gasteiger charge is 2.18. The van der Waals surface area contributed by atoms with E-state index in [1.807, 2.05) is 44.2 Å². The van der Waals surface area contributed by atoms with Crippen LogP contribution in [0.25, 0.3) is 5.69 Å². The van der Waals surface area contributed by atoms with Crippen LogP contribution in [0.2, 0.25) is 0 Å². The van der Waals surface area contributed by atoms with E-state index in [9.17, 15) is 13.2 Å². The first kappa shape index (κ1) is 22.3. The molecule has 8 heteroatoms. The van der Waals surface area contributed by atoms with Crippen LogP contribution in [-0.4, -0.2) is 24.1 Å². The van der Waals surface area contributed by atoms with Gasteiger partial charge in [0.2, 0.25) is 0 Å². The summed E-state index contributed by atoms with van der Waals surface area (Å²) >= 11 is 0. The Morgan fingerprint density at radius 2 is 1.55 bits per heavy atom. The first-order valence-corrected chi connectivity index (χ1v) is 12.0. The number of nitrogens with one attached hydrogen (secondary N) is 2. The molecule has 7 nitrogen and oxygen atoms in total. The molecule has 3 aromatic carbocycles. The molecule has 1 amide bonds. The van der Waals surface area contributed by atoms with Gasteiger partial charge in [0, 0.05) is 11.4 Å². The highest BCUT2D eigenvalue weighted by Crippen LogP contribution is 2.21. The zero-order valence-electron chi connectivity index (χ0n) is 18.3. The van der Waals surface area contributed by atoms with Crippen LogP contribution in [0.1, 0.15) is 28.5 Å². The number of nitrogens with zero attached hydrogens (tertiary/aromatic N) is 2. The minimum atomic E-state index is -3.69. The van der Waals surface area contributed by atoms with Crippen molar-refractivity contribution in [3.05, 3.63) is 102 Å². The van der Waals surface area contributed by atoms with E-state index < -0.39 is 10.0 Å². The molecule has 0 aliphatic rings. The summed E-state index contributed by atoms with van der Waals surface area (Å²) in [6.07, 6.45) is 2.20. The van der Waals surface area contributed by atoms with Crippen molar-refractivity contribution in [3.8, 4) is 5.69 Å². The van der Waals surface area contributed by atoms with Crippen molar-refractivity contribution >= 4 is 27.3 Å². The summed E-state index contributed by atoms with van der Waals surface area (Å²) < 4.78 is 29.4. The molecule has 0 spiro atoms. The third kappa shape index (κ3) is 4.96. The smallest absolute Gasteiger partial charge is 0.261 e. The summed E-state index contributed by atoms with van der Waals surface area (Å²) in [6.45, 7) is 3.87. The monoisotopic (exact) mass is 460 g/mol. The molecule has 0 atom stereocenters. The predicted molar refractivity (Wildman–Crippen MR) is 129 cm³/mol. The molecule has 168 valence electrons. The Bertz CT molecular complexity index is 1360. The highest BCUT2D eigenvalue weighted by molar-refractivity contribution is 7.92. The molecule has 0 saturated heterocycles. The molecule has 0 unspecified atom stereocenters. The maximum absolute atomic E-state index is 12.9. The summed E-state index contributed by atoms with van der Waals surface area (Å²) in [4.78, 5) is 13.1. The van der Waals surface area contributed by atoms with E-state index in [1.54, 1.807) is 59.4 Å².